The van der Waals surface area contributed by atoms with Crippen LogP contribution >= 0.6 is 0 Å². The van der Waals surface area contributed by atoms with Gasteiger partial charge in [0.15, 0.2) is 0 Å². The van der Waals surface area contributed by atoms with Gasteiger partial charge in [0.25, 0.3) is 5.91 Å². The second-order valence-corrected chi connectivity index (χ2v) is 10.4. The van der Waals surface area contributed by atoms with Crippen molar-refractivity contribution in [3.05, 3.63) is 0 Å². The van der Waals surface area contributed by atoms with E-state index in [1.807, 2.05) is 13.8 Å². The summed E-state index contributed by atoms with van der Waals surface area (Å²) in [6.07, 6.45) is 10.2. The zero-order chi connectivity index (χ0) is 21.2. The summed E-state index contributed by atoms with van der Waals surface area (Å²) >= 11 is 0. The fourth-order valence-electron chi connectivity index (χ4n) is 3.64. The van der Waals surface area contributed by atoms with Crippen LogP contribution in [-0.4, -0.2) is 38.1 Å². The Morgan fingerprint density at radius 1 is 0.929 bits per heavy atom. The SMILES string of the molecule is CC(C)C[C@H](NC(=O)[C@H](C)N)C(=O)NS(=O)(=O)CC1CCCCCCCCC1. The van der Waals surface area contributed by atoms with E-state index in [-0.39, 0.29) is 17.6 Å². The van der Waals surface area contributed by atoms with Crippen LogP contribution in [-0.2, 0) is 19.6 Å². The van der Waals surface area contributed by atoms with E-state index in [1.54, 1.807) is 0 Å². The lowest BCUT2D eigenvalue weighted by Gasteiger charge is -2.22. The lowest BCUT2D eigenvalue weighted by atomic mass is 9.94. The van der Waals surface area contributed by atoms with Gasteiger partial charge < -0.3 is 11.1 Å². The molecule has 1 aliphatic rings. The van der Waals surface area contributed by atoms with E-state index >= 15 is 0 Å². The second kappa shape index (κ2) is 12.4. The Balaban J connectivity index is 2.70. The first-order chi connectivity index (χ1) is 13.1. The monoisotopic (exact) mass is 417 g/mol. The average Bonchev–Trinajstić information content (AvgIpc) is 2.58. The Labute approximate surface area is 170 Å². The average molecular weight is 418 g/mol. The van der Waals surface area contributed by atoms with E-state index in [9.17, 15) is 18.0 Å². The molecule has 0 radical (unpaired) electrons. The van der Waals surface area contributed by atoms with E-state index in [1.165, 1.54) is 26.2 Å². The Morgan fingerprint density at radius 3 is 1.89 bits per heavy atom. The number of nitrogens with one attached hydrogen (secondary N) is 2. The molecule has 1 saturated carbocycles. The van der Waals surface area contributed by atoms with Crippen molar-refractivity contribution in [2.24, 2.45) is 17.6 Å². The van der Waals surface area contributed by atoms with Gasteiger partial charge in [-0.15, -0.1) is 0 Å². The normalized spacial score (nSPS) is 19.6. The fraction of sp³-hybridized carbons (Fsp3) is 0.900. The molecule has 0 spiro atoms. The first-order valence-electron chi connectivity index (χ1n) is 10.7. The highest BCUT2D eigenvalue weighted by molar-refractivity contribution is 7.90. The summed E-state index contributed by atoms with van der Waals surface area (Å²) in [7, 11) is -3.75. The molecule has 1 rings (SSSR count). The highest BCUT2D eigenvalue weighted by Crippen LogP contribution is 2.22. The maximum atomic E-state index is 12.6. The van der Waals surface area contributed by atoms with Crippen LogP contribution in [0.4, 0.5) is 0 Å². The second-order valence-electron chi connectivity index (χ2n) is 8.65. The maximum absolute atomic E-state index is 12.6. The summed E-state index contributed by atoms with van der Waals surface area (Å²) in [5.41, 5.74) is 5.56. The Kier molecular flexibility index (Phi) is 11.0. The van der Waals surface area contributed by atoms with E-state index in [4.69, 9.17) is 5.73 Å². The van der Waals surface area contributed by atoms with Crippen LogP contribution in [0.5, 0.6) is 0 Å². The number of sulfonamides is 1. The van der Waals surface area contributed by atoms with Crippen LogP contribution < -0.4 is 15.8 Å². The summed E-state index contributed by atoms with van der Waals surface area (Å²) in [4.78, 5) is 24.5. The molecule has 0 aliphatic heterocycles. The summed E-state index contributed by atoms with van der Waals surface area (Å²) in [5.74, 6) is -0.988. The Bertz CT molecular complexity index is 580. The van der Waals surface area contributed by atoms with Crippen molar-refractivity contribution >= 4 is 21.8 Å². The maximum Gasteiger partial charge on any atom is 0.256 e. The predicted molar refractivity (Wildman–Crippen MR) is 112 cm³/mol. The first kappa shape index (κ1) is 24.9. The smallest absolute Gasteiger partial charge is 0.256 e. The molecule has 4 N–H and O–H groups in total. The zero-order valence-corrected chi connectivity index (χ0v) is 18.5. The third-order valence-corrected chi connectivity index (χ3v) is 6.61. The molecule has 0 aromatic heterocycles. The standard InChI is InChI=1S/C20H39N3O4S/c1-15(2)13-18(22-19(24)16(3)21)20(25)23-28(26,27)14-17-11-9-7-5-4-6-8-10-12-17/h15-18H,4-14,21H2,1-3H3,(H,22,24)(H,23,25)/t16-,18-/m0/s1. The van der Waals surface area contributed by atoms with Gasteiger partial charge in [0.1, 0.15) is 6.04 Å². The number of rotatable bonds is 8. The molecule has 1 fully saturated rings. The summed E-state index contributed by atoms with van der Waals surface area (Å²) in [5, 5.41) is 2.57. The van der Waals surface area contributed by atoms with Crippen LogP contribution in [0.3, 0.4) is 0 Å². The van der Waals surface area contributed by atoms with Gasteiger partial charge in [0, 0.05) is 0 Å². The molecular formula is C20H39N3O4S. The summed E-state index contributed by atoms with van der Waals surface area (Å²) in [6.45, 7) is 5.34. The van der Waals surface area contributed by atoms with Crippen molar-refractivity contribution in [1.29, 1.82) is 0 Å². The quantitative estimate of drug-likeness (QED) is 0.560. The molecule has 0 bridgehead atoms. The van der Waals surface area contributed by atoms with Crippen LogP contribution in [0.1, 0.15) is 85.0 Å². The topological polar surface area (TPSA) is 118 Å². The molecule has 0 aromatic rings. The molecule has 2 amide bonds. The third kappa shape index (κ3) is 10.4. The lowest BCUT2D eigenvalue weighted by molar-refractivity contribution is -0.128. The molecular weight excluding hydrogens is 378 g/mol. The molecule has 28 heavy (non-hydrogen) atoms. The van der Waals surface area contributed by atoms with E-state index in [0.29, 0.717) is 6.42 Å². The summed E-state index contributed by atoms with van der Waals surface area (Å²) < 4.78 is 27.4. The zero-order valence-electron chi connectivity index (χ0n) is 17.7. The minimum absolute atomic E-state index is 0.0334. The minimum Gasteiger partial charge on any atom is -0.343 e. The van der Waals surface area contributed by atoms with Crippen molar-refractivity contribution in [2.75, 3.05) is 5.75 Å². The number of hydrogen-bond acceptors (Lipinski definition) is 5. The molecule has 1 aliphatic carbocycles. The number of nitrogens with two attached hydrogens (primary N) is 1. The van der Waals surface area contributed by atoms with Crippen molar-refractivity contribution in [2.45, 2.75) is 97.1 Å². The van der Waals surface area contributed by atoms with Crippen molar-refractivity contribution in [3.8, 4) is 0 Å². The Hall–Kier alpha value is -1.15. The first-order valence-corrected chi connectivity index (χ1v) is 12.4. The largest absolute Gasteiger partial charge is 0.343 e. The molecule has 0 unspecified atom stereocenters. The Morgan fingerprint density at radius 2 is 1.43 bits per heavy atom. The van der Waals surface area contributed by atoms with Crippen molar-refractivity contribution in [1.82, 2.24) is 10.0 Å². The van der Waals surface area contributed by atoms with Gasteiger partial charge in [0.2, 0.25) is 15.9 Å². The highest BCUT2D eigenvalue weighted by atomic mass is 32.2. The molecule has 0 aromatic carbocycles. The van der Waals surface area contributed by atoms with Gasteiger partial charge in [-0.1, -0.05) is 58.8 Å². The van der Waals surface area contributed by atoms with Crippen molar-refractivity contribution in [3.63, 3.8) is 0 Å². The van der Waals surface area contributed by atoms with Gasteiger partial charge in [-0.05, 0) is 38.0 Å². The molecule has 7 nitrogen and oxygen atoms in total. The third-order valence-electron chi connectivity index (χ3n) is 5.19. The van der Waals surface area contributed by atoms with Gasteiger partial charge >= 0.3 is 0 Å². The summed E-state index contributed by atoms with van der Waals surface area (Å²) in [6, 6.07) is -1.67. The highest BCUT2D eigenvalue weighted by Gasteiger charge is 2.28. The molecule has 0 saturated heterocycles. The van der Waals surface area contributed by atoms with Crippen LogP contribution in [0.2, 0.25) is 0 Å². The van der Waals surface area contributed by atoms with Gasteiger partial charge in [-0.3, -0.25) is 14.3 Å². The van der Waals surface area contributed by atoms with Gasteiger partial charge in [-0.25, -0.2) is 8.42 Å². The van der Waals surface area contributed by atoms with E-state index in [2.05, 4.69) is 10.0 Å². The van der Waals surface area contributed by atoms with Crippen molar-refractivity contribution < 1.29 is 18.0 Å². The van der Waals surface area contributed by atoms with E-state index in [0.717, 1.165) is 38.5 Å². The van der Waals surface area contributed by atoms with Crippen LogP contribution in [0.25, 0.3) is 0 Å². The van der Waals surface area contributed by atoms with Gasteiger partial charge in [-0.2, -0.15) is 0 Å². The van der Waals surface area contributed by atoms with Crippen LogP contribution in [0.15, 0.2) is 0 Å². The number of amides is 2. The number of carbonyl (C=O) groups is 2. The van der Waals surface area contributed by atoms with Crippen LogP contribution in [0, 0.1) is 11.8 Å². The molecule has 8 heteroatoms. The molecule has 0 heterocycles. The molecule has 164 valence electrons. The van der Waals surface area contributed by atoms with E-state index < -0.39 is 33.9 Å². The fourth-order valence-corrected chi connectivity index (χ4v) is 5.13. The lowest BCUT2D eigenvalue weighted by Crippen LogP contribution is -2.52. The van der Waals surface area contributed by atoms with Gasteiger partial charge in [0.05, 0.1) is 11.8 Å². The number of carbonyl (C=O) groups excluding carboxylic acids is 2. The number of hydrogen-bond donors (Lipinski definition) is 3. The molecule has 2 atom stereocenters. The minimum atomic E-state index is -3.75. The predicted octanol–water partition coefficient (Wildman–Crippen LogP) is 2.45.